The maximum absolute atomic E-state index is 13.6. The fraction of sp³-hybridized carbons (Fsp3) is 0. The molecule has 0 unspecified atom stereocenters. The number of carbonyl (C=O) groups is 2. The summed E-state index contributed by atoms with van der Waals surface area (Å²) in [5.41, 5.74) is 0.170. The van der Waals surface area contributed by atoms with Gasteiger partial charge in [-0.15, -0.1) is 0 Å². The van der Waals surface area contributed by atoms with E-state index in [-0.39, 0.29) is 21.8 Å². The summed E-state index contributed by atoms with van der Waals surface area (Å²) in [5, 5.41) is 4.59. The van der Waals surface area contributed by atoms with Crippen molar-refractivity contribution in [3.63, 3.8) is 0 Å². The molecule has 3 N–H and O–H groups in total. The molecule has 154 valence electrons. The second kappa shape index (κ2) is 8.70. The van der Waals surface area contributed by atoms with Gasteiger partial charge in [0, 0.05) is 17.3 Å². The van der Waals surface area contributed by atoms with Gasteiger partial charge in [-0.3, -0.25) is 4.79 Å². The number of hydrogen-bond donors (Lipinski definition) is 3. The van der Waals surface area contributed by atoms with Crippen molar-refractivity contribution in [2.75, 3.05) is 10.6 Å². The van der Waals surface area contributed by atoms with Gasteiger partial charge in [0.05, 0.1) is 10.6 Å². The van der Waals surface area contributed by atoms with E-state index in [1.165, 1.54) is 36.4 Å². The third-order valence-corrected chi connectivity index (χ3v) is 5.21. The fourth-order valence-corrected chi connectivity index (χ4v) is 3.40. The van der Waals surface area contributed by atoms with Crippen LogP contribution in [0.2, 0.25) is 0 Å². The molecular weight excluding hydrogens is 416 g/mol. The lowest BCUT2D eigenvalue weighted by Gasteiger charge is -2.10. The second-order valence-corrected chi connectivity index (χ2v) is 7.71. The lowest BCUT2D eigenvalue weighted by molar-refractivity contribution is 0.0981. The Hall–Kier alpha value is -3.79. The SMILES string of the molecule is O=C(Nc1ccc(S(=O)(=O)NC(=O)c2ccccc2)cc1)Nc1ccc(F)cc1F. The molecule has 3 aromatic rings. The molecule has 10 heteroatoms. The highest BCUT2D eigenvalue weighted by Crippen LogP contribution is 2.17. The molecule has 0 saturated heterocycles. The zero-order valence-corrected chi connectivity index (χ0v) is 16.0. The van der Waals surface area contributed by atoms with Crippen LogP contribution in [0.25, 0.3) is 0 Å². The number of sulfonamides is 1. The molecule has 3 amide bonds. The smallest absolute Gasteiger partial charge is 0.308 e. The van der Waals surface area contributed by atoms with Crippen molar-refractivity contribution >= 4 is 33.3 Å². The molecule has 0 atom stereocenters. The second-order valence-electron chi connectivity index (χ2n) is 6.03. The Morgan fingerprint density at radius 2 is 1.47 bits per heavy atom. The zero-order chi connectivity index (χ0) is 21.7. The van der Waals surface area contributed by atoms with Crippen molar-refractivity contribution in [2.24, 2.45) is 0 Å². The van der Waals surface area contributed by atoms with Gasteiger partial charge in [-0.25, -0.2) is 26.7 Å². The highest BCUT2D eigenvalue weighted by Gasteiger charge is 2.18. The minimum absolute atomic E-state index is 0.184. The molecule has 0 aromatic heterocycles. The summed E-state index contributed by atoms with van der Waals surface area (Å²) in [7, 11) is -4.12. The summed E-state index contributed by atoms with van der Waals surface area (Å²) in [6.07, 6.45) is 0. The molecule has 0 saturated carbocycles. The summed E-state index contributed by atoms with van der Waals surface area (Å²) in [5.74, 6) is -2.51. The van der Waals surface area contributed by atoms with E-state index in [1.54, 1.807) is 18.2 Å². The molecule has 30 heavy (non-hydrogen) atoms. The summed E-state index contributed by atoms with van der Waals surface area (Å²) >= 11 is 0. The Balaban J connectivity index is 1.65. The van der Waals surface area contributed by atoms with Crippen LogP contribution in [0, 0.1) is 11.6 Å². The van der Waals surface area contributed by atoms with E-state index in [1.807, 2.05) is 4.72 Å². The Bertz CT molecular complexity index is 1180. The summed E-state index contributed by atoms with van der Waals surface area (Å²) in [4.78, 5) is 23.8. The molecule has 0 spiro atoms. The van der Waals surface area contributed by atoms with Crippen LogP contribution in [0.4, 0.5) is 25.0 Å². The molecule has 7 nitrogen and oxygen atoms in total. The third kappa shape index (κ3) is 5.17. The number of carbonyl (C=O) groups excluding carboxylic acids is 2. The Morgan fingerprint density at radius 1 is 0.800 bits per heavy atom. The van der Waals surface area contributed by atoms with Crippen molar-refractivity contribution < 1.29 is 26.8 Å². The largest absolute Gasteiger partial charge is 0.323 e. The van der Waals surface area contributed by atoms with E-state index in [4.69, 9.17) is 0 Å². The number of rotatable bonds is 5. The number of urea groups is 1. The van der Waals surface area contributed by atoms with Crippen LogP contribution in [0.5, 0.6) is 0 Å². The van der Waals surface area contributed by atoms with Crippen LogP contribution in [0.15, 0.2) is 77.7 Å². The molecular formula is C20H15F2N3O4S. The van der Waals surface area contributed by atoms with E-state index in [9.17, 15) is 26.8 Å². The van der Waals surface area contributed by atoms with Crippen molar-refractivity contribution in [3.05, 3.63) is 90.0 Å². The molecule has 3 aromatic carbocycles. The van der Waals surface area contributed by atoms with Crippen molar-refractivity contribution in [3.8, 4) is 0 Å². The number of halogens is 2. The highest BCUT2D eigenvalue weighted by atomic mass is 32.2. The summed E-state index contributed by atoms with van der Waals surface area (Å²) in [6, 6.07) is 14.7. The number of nitrogens with one attached hydrogen (secondary N) is 3. The molecule has 0 heterocycles. The van der Waals surface area contributed by atoms with Gasteiger partial charge in [0.25, 0.3) is 15.9 Å². The maximum Gasteiger partial charge on any atom is 0.323 e. The van der Waals surface area contributed by atoms with Gasteiger partial charge in [0.15, 0.2) is 0 Å². The van der Waals surface area contributed by atoms with Gasteiger partial charge in [-0.1, -0.05) is 18.2 Å². The van der Waals surface area contributed by atoms with Gasteiger partial charge in [0.2, 0.25) is 0 Å². The van der Waals surface area contributed by atoms with Gasteiger partial charge in [0.1, 0.15) is 11.6 Å². The normalized spacial score (nSPS) is 10.9. The van der Waals surface area contributed by atoms with E-state index < -0.39 is 33.6 Å². The van der Waals surface area contributed by atoms with Crippen molar-refractivity contribution in [1.82, 2.24) is 4.72 Å². The number of anilines is 2. The third-order valence-electron chi connectivity index (χ3n) is 3.86. The molecule has 0 bridgehead atoms. The van der Waals surface area contributed by atoms with Crippen molar-refractivity contribution in [1.29, 1.82) is 0 Å². The lowest BCUT2D eigenvalue weighted by atomic mass is 10.2. The molecule has 0 fully saturated rings. The topological polar surface area (TPSA) is 104 Å². The number of amides is 3. The van der Waals surface area contributed by atoms with Gasteiger partial charge < -0.3 is 10.6 Å². The van der Waals surface area contributed by atoms with Crippen LogP contribution in [-0.2, 0) is 10.0 Å². The van der Waals surface area contributed by atoms with E-state index in [0.29, 0.717) is 6.07 Å². The van der Waals surface area contributed by atoms with Gasteiger partial charge >= 0.3 is 6.03 Å². The number of benzene rings is 3. The minimum Gasteiger partial charge on any atom is -0.308 e. The monoisotopic (exact) mass is 431 g/mol. The molecule has 0 aliphatic carbocycles. The van der Waals surface area contributed by atoms with E-state index in [0.717, 1.165) is 12.1 Å². The predicted octanol–water partition coefficient (Wildman–Crippen LogP) is 3.73. The van der Waals surface area contributed by atoms with Crippen molar-refractivity contribution in [2.45, 2.75) is 4.90 Å². The van der Waals surface area contributed by atoms with E-state index >= 15 is 0 Å². The molecule has 0 radical (unpaired) electrons. The molecule has 0 aliphatic rings. The minimum atomic E-state index is -4.12. The fourth-order valence-electron chi connectivity index (χ4n) is 2.42. The molecule has 3 rings (SSSR count). The number of hydrogen-bond acceptors (Lipinski definition) is 4. The van der Waals surface area contributed by atoms with Gasteiger partial charge in [-0.05, 0) is 48.5 Å². The molecule has 0 aliphatic heterocycles. The lowest BCUT2D eigenvalue weighted by Crippen LogP contribution is -2.30. The standard InChI is InChI=1S/C20H15F2N3O4S/c21-14-6-11-18(17(22)12-14)24-20(27)23-15-7-9-16(10-8-15)30(28,29)25-19(26)13-4-2-1-3-5-13/h1-12H,(H,25,26)(H2,23,24,27). The van der Waals surface area contributed by atoms with Crippen LogP contribution in [-0.4, -0.2) is 20.4 Å². The summed E-state index contributed by atoms with van der Waals surface area (Å²) in [6.45, 7) is 0. The van der Waals surface area contributed by atoms with Crippen LogP contribution in [0.1, 0.15) is 10.4 Å². The van der Waals surface area contributed by atoms with Crippen LogP contribution in [0.3, 0.4) is 0 Å². The zero-order valence-electron chi connectivity index (χ0n) is 15.2. The first-order chi connectivity index (χ1) is 14.2. The first-order valence-corrected chi connectivity index (χ1v) is 9.98. The first kappa shape index (κ1) is 20.9. The Kier molecular flexibility index (Phi) is 6.07. The Labute approximate surface area is 170 Å². The average Bonchev–Trinajstić information content (AvgIpc) is 2.71. The summed E-state index contributed by atoms with van der Waals surface area (Å²) < 4.78 is 53.1. The van der Waals surface area contributed by atoms with Crippen LogP contribution < -0.4 is 15.4 Å². The van der Waals surface area contributed by atoms with Gasteiger partial charge in [-0.2, -0.15) is 0 Å². The van der Waals surface area contributed by atoms with E-state index in [2.05, 4.69) is 10.6 Å². The first-order valence-electron chi connectivity index (χ1n) is 8.50. The van der Waals surface area contributed by atoms with Crippen LogP contribution >= 0.6 is 0 Å². The Morgan fingerprint density at radius 3 is 2.10 bits per heavy atom. The average molecular weight is 431 g/mol. The highest BCUT2D eigenvalue weighted by molar-refractivity contribution is 7.90. The quantitative estimate of drug-likeness (QED) is 0.573. The predicted molar refractivity (Wildman–Crippen MR) is 107 cm³/mol. The maximum atomic E-state index is 13.6.